The van der Waals surface area contributed by atoms with Gasteiger partial charge in [-0.25, -0.2) is 4.98 Å². The molecule has 0 amide bonds. The van der Waals surface area contributed by atoms with Crippen molar-refractivity contribution in [3.05, 3.63) is 17.3 Å². The summed E-state index contributed by atoms with van der Waals surface area (Å²) >= 11 is 0. The highest BCUT2D eigenvalue weighted by Gasteiger charge is 2.54. The highest BCUT2D eigenvalue weighted by atomic mass is 16.4. The summed E-state index contributed by atoms with van der Waals surface area (Å²) in [5, 5.41) is 0. The number of hydrogen-bond acceptors (Lipinski definition) is 3. The summed E-state index contributed by atoms with van der Waals surface area (Å²) in [6, 6.07) is 0. The molecule has 1 aromatic heterocycles. The fraction of sp³-hybridized carbons (Fsp3) is 0.800. The van der Waals surface area contributed by atoms with Crippen LogP contribution in [0.4, 0.5) is 0 Å². The van der Waals surface area contributed by atoms with Crippen LogP contribution in [0.1, 0.15) is 55.9 Å². The van der Waals surface area contributed by atoms with Gasteiger partial charge in [-0.3, -0.25) is 0 Å². The minimum Gasteiger partial charge on any atom is -0.445 e. The summed E-state index contributed by atoms with van der Waals surface area (Å²) < 4.78 is 6.00. The molecule has 1 heterocycles. The smallest absolute Gasteiger partial charge is 0.200 e. The molecule has 2 N–H and O–H groups in total. The lowest BCUT2D eigenvalue weighted by atomic mass is 9.49. The lowest BCUT2D eigenvalue weighted by Gasteiger charge is -2.55. The number of nitrogens with two attached hydrogens (primary N) is 1. The van der Waals surface area contributed by atoms with Crippen molar-refractivity contribution in [1.29, 1.82) is 0 Å². The summed E-state index contributed by atoms with van der Waals surface area (Å²) in [6.07, 6.45) is 8.31. The lowest BCUT2D eigenvalue weighted by molar-refractivity contribution is -0.0180. The van der Waals surface area contributed by atoms with Gasteiger partial charge in [0.1, 0.15) is 5.76 Å². The van der Waals surface area contributed by atoms with E-state index in [4.69, 9.17) is 15.1 Å². The molecule has 4 aliphatic rings. The molecule has 3 nitrogen and oxygen atoms in total. The van der Waals surface area contributed by atoms with E-state index in [0.29, 0.717) is 6.54 Å². The van der Waals surface area contributed by atoms with E-state index in [2.05, 4.69) is 0 Å². The molecule has 4 bridgehead atoms. The van der Waals surface area contributed by atoms with Crippen molar-refractivity contribution in [2.24, 2.45) is 23.5 Å². The number of nitrogens with zero attached hydrogens (tertiary/aromatic N) is 1. The average Bonchev–Trinajstić information content (AvgIpc) is 2.69. The molecule has 0 aliphatic heterocycles. The highest BCUT2D eigenvalue weighted by molar-refractivity contribution is 5.19. The Morgan fingerprint density at radius 1 is 1.17 bits per heavy atom. The maximum absolute atomic E-state index is 6.00. The molecule has 3 heteroatoms. The molecule has 0 atom stereocenters. The van der Waals surface area contributed by atoms with Crippen LogP contribution < -0.4 is 5.73 Å². The molecule has 4 aliphatic carbocycles. The van der Waals surface area contributed by atoms with Gasteiger partial charge in [0, 0.05) is 12.0 Å². The first-order valence-corrected chi connectivity index (χ1v) is 7.35. The molecule has 4 fully saturated rings. The maximum Gasteiger partial charge on any atom is 0.200 e. The monoisotopic (exact) mass is 246 g/mol. The van der Waals surface area contributed by atoms with Crippen molar-refractivity contribution in [2.45, 2.75) is 57.4 Å². The topological polar surface area (TPSA) is 52.0 Å². The van der Waals surface area contributed by atoms with E-state index in [1.165, 1.54) is 38.5 Å². The Morgan fingerprint density at radius 3 is 2.17 bits per heavy atom. The third kappa shape index (κ3) is 1.43. The van der Waals surface area contributed by atoms with Gasteiger partial charge >= 0.3 is 0 Å². The second kappa shape index (κ2) is 3.60. The summed E-state index contributed by atoms with van der Waals surface area (Å²) in [5.41, 5.74) is 6.96. The van der Waals surface area contributed by atoms with E-state index >= 15 is 0 Å². The number of hydrogen-bond donors (Lipinski definition) is 1. The van der Waals surface area contributed by atoms with Crippen molar-refractivity contribution in [2.75, 3.05) is 0 Å². The predicted molar refractivity (Wildman–Crippen MR) is 69.0 cm³/mol. The van der Waals surface area contributed by atoms with Crippen molar-refractivity contribution in [3.63, 3.8) is 0 Å². The minimum absolute atomic E-state index is 0.271. The molecular formula is C15H22N2O. The number of aryl methyl sites for hydroxylation is 1. The van der Waals surface area contributed by atoms with E-state index in [1.54, 1.807) is 0 Å². The number of oxazole rings is 1. The van der Waals surface area contributed by atoms with E-state index < -0.39 is 0 Å². The van der Waals surface area contributed by atoms with Crippen LogP contribution in [0.5, 0.6) is 0 Å². The largest absolute Gasteiger partial charge is 0.445 e. The number of aromatic nitrogens is 1. The summed E-state index contributed by atoms with van der Waals surface area (Å²) in [4.78, 5) is 4.73. The van der Waals surface area contributed by atoms with E-state index in [9.17, 15) is 0 Å². The first-order chi connectivity index (χ1) is 8.68. The molecule has 0 saturated heterocycles. The standard InChI is InChI=1S/C15H22N2O/c1-9-13(8-16)17-14(18-9)15-5-10-2-11(6-15)4-12(3-10)7-15/h10-12H,2-8,16H2,1H3. The Morgan fingerprint density at radius 2 is 1.72 bits per heavy atom. The van der Waals surface area contributed by atoms with Crippen molar-refractivity contribution in [3.8, 4) is 0 Å². The van der Waals surface area contributed by atoms with Gasteiger partial charge in [0.2, 0.25) is 5.89 Å². The molecule has 98 valence electrons. The van der Waals surface area contributed by atoms with E-state index in [1.807, 2.05) is 6.92 Å². The molecule has 0 aromatic carbocycles. The Balaban J connectivity index is 1.74. The van der Waals surface area contributed by atoms with E-state index in [-0.39, 0.29) is 5.41 Å². The number of rotatable bonds is 2. The Labute approximate surface area is 108 Å². The van der Waals surface area contributed by atoms with Crippen molar-refractivity contribution in [1.82, 2.24) is 4.98 Å². The van der Waals surface area contributed by atoms with Crippen LogP contribution in [0.25, 0.3) is 0 Å². The first-order valence-electron chi connectivity index (χ1n) is 7.35. The second-order valence-electron chi connectivity index (χ2n) is 6.92. The van der Waals surface area contributed by atoms with Crippen molar-refractivity contribution < 1.29 is 4.42 Å². The highest BCUT2D eigenvalue weighted by Crippen LogP contribution is 2.60. The molecule has 1 aromatic rings. The summed E-state index contributed by atoms with van der Waals surface area (Å²) in [7, 11) is 0. The van der Waals surface area contributed by atoms with Gasteiger partial charge in [-0.1, -0.05) is 0 Å². The van der Waals surface area contributed by atoms with Gasteiger partial charge in [-0.15, -0.1) is 0 Å². The molecule has 18 heavy (non-hydrogen) atoms. The fourth-order valence-corrected chi connectivity index (χ4v) is 5.22. The van der Waals surface area contributed by atoms with Crippen molar-refractivity contribution >= 4 is 0 Å². The predicted octanol–water partition coefficient (Wildman–Crippen LogP) is 2.91. The lowest BCUT2D eigenvalue weighted by Crippen LogP contribution is -2.48. The maximum atomic E-state index is 6.00. The van der Waals surface area contributed by atoms with Gasteiger partial charge in [-0.2, -0.15) is 0 Å². The van der Waals surface area contributed by atoms with Gasteiger partial charge in [0.15, 0.2) is 0 Å². The van der Waals surface area contributed by atoms with Crippen LogP contribution in [0.2, 0.25) is 0 Å². The molecule has 0 radical (unpaired) electrons. The van der Waals surface area contributed by atoms with Crippen LogP contribution in [0.3, 0.4) is 0 Å². The zero-order valence-corrected chi connectivity index (χ0v) is 11.1. The zero-order valence-electron chi connectivity index (χ0n) is 11.1. The quantitative estimate of drug-likeness (QED) is 0.873. The van der Waals surface area contributed by atoms with E-state index in [0.717, 1.165) is 35.1 Å². The minimum atomic E-state index is 0.271. The van der Waals surface area contributed by atoms with Gasteiger partial charge in [-0.05, 0) is 63.2 Å². The fourth-order valence-electron chi connectivity index (χ4n) is 5.22. The van der Waals surface area contributed by atoms with Gasteiger partial charge in [0.05, 0.1) is 5.69 Å². The normalized spacial score (nSPS) is 41.6. The van der Waals surface area contributed by atoms with Crippen LogP contribution >= 0.6 is 0 Å². The van der Waals surface area contributed by atoms with Gasteiger partial charge in [0.25, 0.3) is 0 Å². The molecular weight excluding hydrogens is 224 g/mol. The average molecular weight is 246 g/mol. The summed E-state index contributed by atoms with van der Waals surface area (Å²) in [5.74, 6) is 4.75. The Bertz CT molecular complexity index is 442. The van der Waals surface area contributed by atoms with Crippen LogP contribution in [0, 0.1) is 24.7 Å². The van der Waals surface area contributed by atoms with Crippen LogP contribution in [-0.2, 0) is 12.0 Å². The van der Waals surface area contributed by atoms with Crippen LogP contribution in [0.15, 0.2) is 4.42 Å². The van der Waals surface area contributed by atoms with Crippen LogP contribution in [-0.4, -0.2) is 4.98 Å². The molecule has 0 unspecified atom stereocenters. The SMILES string of the molecule is Cc1oc(C23CC4CC(CC(C4)C2)C3)nc1CN. The first kappa shape index (κ1) is 11.0. The zero-order chi connectivity index (χ0) is 12.3. The third-order valence-corrected chi connectivity index (χ3v) is 5.58. The van der Waals surface area contributed by atoms with Gasteiger partial charge < -0.3 is 10.2 Å². The Kier molecular flexibility index (Phi) is 2.20. The Hall–Kier alpha value is -0.830. The molecule has 5 rings (SSSR count). The third-order valence-electron chi connectivity index (χ3n) is 5.58. The molecule has 0 spiro atoms. The molecule has 4 saturated carbocycles. The summed E-state index contributed by atoms with van der Waals surface area (Å²) in [6.45, 7) is 2.50. The second-order valence-corrected chi connectivity index (χ2v) is 6.92.